The van der Waals surface area contributed by atoms with E-state index in [-0.39, 0.29) is 12.2 Å². The molecule has 2 atom stereocenters. The van der Waals surface area contributed by atoms with E-state index < -0.39 is 0 Å². The Balaban J connectivity index is 1.80. The Kier molecular flexibility index (Phi) is 2.89. The SMILES string of the molecule is Cc1ccoc1-c1noc(C2CCC(CN)O2)n1. The van der Waals surface area contributed by atoms with E-state index in [0.717, 1.165) is 18.4 Å². The Morgan fingerprint density at radius 3 is 3.00 bits per heavy atom. The molecule has 6 heteroatoms. The van der Waals surface area contributed by atoms with Crippen LogP contribution in [0.25, 0.3) is 11.6 Å². The maximum atomic E-state index is 5.71. The van der Waals surface area contributed by atoms with Gasteiger partial charge in [0.05, 0.1) is 12.4 Å². The minimum Gasteiger partial charge on any atom is -0.461 e. The number of aryl methyl sites for hydroxylation is 1. The van der Waals surface area contributed by atoms with Gasteiger partial charge in [-0.1, -0.05) is 5.16 Å². The van der Waals surface area contributed by atoms with Crippen molar-refractivity contribution in [2.24, 2.45) is 5.73 Å². The first-order valence-electron chi connectivity index (χ1n) is 6.01. The Hall–Kier alpha value is -1.66. The van der Waals surface area contributed by atoms with Crippen LogP contribution in [0.4, 0.5) is 0 Å². The van der Waals surface area contributed by atoms with Crippen molar-refractivity contribution >= 4 is 0 Å². The van der Waals surface area contributed by atoms with Gasteiger partial charge in [0.1, 0.15) is 6.10 Å². The van der Waals surface area contributed by atoms with E-state index >= 15 is 0 Å². The van der Waals surface area contributed by atoms with Gasteiger partial charge in [-0.15, -0.1) is 0 Å². The minimum absolute atomic E-state index is 0.0932. The zero-order chi connectivity index (χ0) is 12.5. The molecule has 0 aromatic carbocycles. The van der Waals surface area contributed by atoms with E-state index in [1.807, 2.05) is 13.0 Å². The predicted octanol–water partition coefficient (Wildman–Crippen LogP) is 1.82. The summed E-state index contributed by atoms with van der Waals surface area (Å²) in [5, 5.41) is 3.92. The fourth-order valence-electron chi connectivity index (χ4n) is 2.12. The fourth-order valence-corrected chi connectivity index (χ4v) is 2.12. The topological polar surface area (TPSA) is 87.3 Å². The van der Waals surface area contributed by atoms with Crippen molar-refractivity contribution in [2.45, 2.75) is 32.0 Å². The van der Waals surface area contributed by atoms with Crippen molar-refractivity contribution in [3.05, 3.63) is 23.8 Å². The van der Waals surface area contributed by atoms with Crippen LogP contribution in [0.5, 0.6) is 0 Å². The Morgan fingerprint density at radius 2 is 2.33 bits per heavy atom. The van der Waals surface area contributed by atoms with Crippen molar-refractivity contribution in [3.8, 4) is 11.6 Å². The molecule has 2 aromatic rings. The highest BCUT2D eigenvalue weighted by molar-refractivity contribution is 5.51. The summed E-state index contributed by atoms with van der Waals surface area (Å²) in [4.78, 5) is 4.33. The van der Waals surface area contributed by atoms with Crippen molar-refractivity contribution in [1.82, 2.24) is 10.1 Å². The fraction of sp³-hybridized carbons (Fsp3) is 0.500. The maximum absolute atomic E-state index is 5.71. The van der Waals surface area contributed by atoms with Crippen LogP contribution in [0.2, 0.25) is 0 Å². The number of rotatable bonds is 3. The molecule has 2 N–H and O–H groups in total. The first-order chi connectivity index (χ1) is 8.78. The summed E-state index contributed by atoms with van der Waals surface area (Å²) in [5.74, 6) is 1.60. The molecule has 3 heterocycles. The molecule has 1 saturated heterocycles. The molecule has 0 bridgehead atoms. The second kappa shape index (κ2) is 4.55. The first-order valence-corrected chi connectivity index (χ1v) is 6.01. The van der Waals surface area contributed by atoms with Crippen LogP contribution >= 0.6 is 0 Å². The molecule has 3 rings (SSSR count). The van der Waals surface area contributed by atoms with Gasteiger partial charge < -0.3 is 19.4 Å². The molecule has 0 aliphatic carbocycles. The number of hydrogen-bond donors (Lipinski definition) is 1. The van der Waals surface area contributed by atoms with Crippen molar-refractivity contribution in [3.63, 3.8) is 0 Å². The maximum Gasteiger partial charge on any atom is 0.256 e. The van der Waals surface area contributed by atoms with Crippen LogP contribution in [-0.2, 0) is 4.74 Å². The first kappa shape index (κ1) is 11.4. The van der Waals surface area contributed by atoms with Gasteiger partial charge in [0.15, 0.2) is 5.76 Å². The van der Waals surface area contributed by atoms with Crippen LogP contribution in [0.3, 0.4) is 0 Å². The van der Waals surface area contributed by atoms with Gasteiger partial charge in [-0.05, 0) is 31.4 Å². The van der Waals surface area contributed by atoms with Crippen LogP contribution in [0, 0.1) is 6.92 Å². The minimum atomic E-state index is -0.143. The molecular formula is C12H15N3O3. The second-order valence-electron chi connectivity index (χ2n) is 4.45. The monoisotopic (exact) mass is 249 g/mol. The number of nitrogens with two attached hydrogens (primary N) is 1. The van der Waals surface area contributed by atoms with E-state index in [1.165, 1.54) is 0 Å². The van der Waals surface area contributed by atoms with Gasteiger partial charge in [-0.3, -0.25) is 0 Å². The summed E-state index contributed by atoms with van der Waals surface area (Å²) in [6.45, 7) is 2.46. The molecular weight excluding hydrogens is 234 g/mol. The lowest BCUT2D eigenvalue weighted by molar-refractivity contribution is 0.0307. The normalized spacial score (nSPS) is 23.7. The third-order valence-corrected chi connectivity index (χ3v) is 3.15. The zero-order valence-electron chi connectivity index (χ0n) is 10.1. The number of hydrogen-bond acceptors (Lipinski definition) is 6. The summed E-state index contributed by atoms with van der Waals surface area (Å²) < 4.78 is 16.3. The molecule has 0 radical (unpaired) electrons. The van der Waals surface area contributed by atoms with Gasteiger partial charge >= 0.3 is 0 Å². The quantitative estimate of drug-likeness (QED) is 0.892. The summed E-state index contributed by atoms with van der Waals surface area (Å²) in [7, 11) is 0. The molecule has 1 fully saturated rings. The molecule has 1 aliphatic heterocycles. The highest BCUT2D eigenvalue weighted by atomic mass is 16.5. The molecule has 2 aromatic heterocycles. The number of nitrogens with zero attached hydrogens (tertiary/aromatic N) is 2. The van der Waals surface area contributed by atoms with Crippen LogP contribution in [-0.4, -0.2) is 22.8 Å². The van der Waals surface area contributed by atoms with Crippen LogP contribution in [0.1, 0.15) is 30.4 Å². The largest absolute Gasteiger partial charge is 0.461 e. The Bertz CT molecular complexity index is 534. The van der Waals surface area contributed by atoms with Gasteiger partial charge in [0.2, 0.25) is 5.82 Å². The van der Waals surface area contributed by atoms with Gasteiger partial charge in [0.25, 0.3) is 5.89 Å². The zero-order valence-corrected chi connectivity index (χ0v) is 10.1. The average molecular weight is 249 g/mol. The molecule has 0 saturated carbocycles. The van der Waals surface area contributed by atoms with Gasteiger partial charge in [-0.25, -0.2) is 0 Å². The Morgan fingerprint density at radius 1 is 1.44 bits per heavy atom. The van der Waals surface area contributed by atoms with E-state index in [9.17, 15) is 0 Å². The molecule has 0 amide bonds. The summed E-state index contributed by atoms with van der Waals surface area (Å²) in [5.41, 5.74) is 6.55. The molecule has 1 aliphatic rings. The Labute approximate surface area is 104 Å². The molecule has 96 valence electrons. The smallest absolute Gasteiger partial charge is 0.256 e. The second-order valence-corrected chi connectivity index (χ2v) is 4.45. The number of ether oxygens (including phenoxy) is 1. The van der Waals surface area contributed by atoms with Crippen molar-refractivity contribution in [2.75, 3.05) is 6.54 Å². The molecule has 6 nitrogen and oxygen atoms in total. The standard InChI is InChI=1S/C12H15N3O3/c1-7-4-5-16-10(7)11-14-12(18-15-11)9-3-2-8(6-13)17-9/h4-5,8-9H,2-3,6,13H2,1H3. The van der Waals surface area contributed by atoms with E-state index in [1.54, 1.807) is 6.26 Å². The number of aromatic nitrogens is 2. The summed E-state index contributed by atoms with van der Waals surface area (Å²) in [6.07, 6.45) is 3.35. The van der Waals surface area contributed by atoms with E-state index in [4.69, 9.17) is 19.4 Å². The van der Waals surface area contributed by atoms with Crippen LogP contribution in [0.15, 0.2) is 21.3 Å². The summed E-state index contributed by atoms with van der Waals surface area (Å²) in [6, 6.07) is 1.86. The summed E-state index contributed by atoms with van der Waals surface area (Å²) >= 11 is 0. The predicted molar refractivity (Wildman–Crippen MR) is 62.6 cm³/mol. The third-order valence-electron chi connectivity index (χ3n) is 3.15. The van der Waals surface area contributed by atoms with Gasteiger partial charge in [-0.2, -0.15) is 4.98 Å². The molecule has 0 spiro atoms. The van der Waals surface area contributed by atoms with Crippen LogP contribution < -0.4 is 5.73 Å². The van der Waals surface area contributed by atoms with E-state index in [0.29, 0.717) is 24.0 Å². The molecule has 18 heavy (non-hydrogen) atoms. The van der Waals surface area contributed by atoms with E-state index in [2.05, 4.69) is 10.1 Å². The van der Waals surface area contributed by atoms with Crippen molar-refractivity contribution in [1.29, 1.82) is 0 Å². The highest BCUT2D eigenvalue weighted by Gasteiger charge is 2.30. The third kappa shape index (κ3) is 1.93. The average Bonchev–Trinajstić information content (AvgIpc) is 3.07. The lowest BCUT2D eigenvalue weighted by Crippen LogP contribution is -2.18. The van der Waals surface area contributed by atoms with Crippen molar-refractivity contribution < 1.29 is 13.7 Å². The number of furan rings is 1. The van der Waals surface area contributed by atoms with Gasteiger partial charge in [0, 0.05) is 6.54 Å². The highest BCUT2D eigenvalue weighted by Crippen LogP contribution is 2.32. The molecule has 2 unspecified atom stereocenters. The lowest BCUT2D eigenvalue weighted by atomic mass is 10.2. The lowest BCUT2D eigenvalue weighted by Gasteiger charge is -2.07.